The van der Waals surface area contributed by atoms with Crippen LogP contribution in [0.5, 0.6) is 5.75 Å². The van der Waals surface area contributed by atoms with Gasteiger partial charge < -0.3 is 4.74 Å². The SMILES string of the molecule is BrCCOc1cccc2cccnc12. The molecule has 1 heterocycles. The van der Waals surface area contributed by atoms with Gasteiger partial charge >= 0.3 is 0 Å². The lowest BCUT2D eigenvalue weighted by molar-refractivity contribution is 0.348. The van der Waals surface area contributed by atoms with Gasteiger partial charge in [-0.05, 0) is 12.1 Å². The molecule has 0 aliphatic carbocycles. The average Bonchev–Trinajstić information content (AvgIpc) is 2.26. The van der Waals surface area contributed by atoms with Crippen molar-refractivity contribution in [3.05, 3.63) is 36.5 Å². The minimum Gasteiger partial charge on any atom is -0.490 e. The van der Waals surface area contributed by atoms with Gasteiger partial charge in [-0.2, -0.15) is 0 Å². The second-order valence-corrected chi connectivity index (χ2v) is 3.66. The first-order valence-corrected chi connectivity index (χ1v) is 5.56. The summed E-state index contributed by atoms with van der Waals surface area (Å²) >= 11 is 3.33. The summed E-state index contributed by atoms with van der Waals surface area (Å²) in [5.41, 5.74) is 0.927. The summed E-state index contributed by atoms with van der Waals surface area (Å²) in [7, 11) is 0. The fourth-order valence-corrected chi connectivity index (χ4v) is 1.50. The largest absolute Gasteiger partial charge is 0.490 e. The summed E-state index contributed by atoms with van der Waals surface area (Å²) in [6.07, 6.45) is 1.78. The molecule has 2 rings (SSSR count). The smallest absolute Gasteiger partial charge is 0.145 e. The maximum atomic E-state index is 5.56. The van der Waals surface area contributed by atoms with Crippen molar-refractivity contribution in [2.45, 2.75) is 0 Å². The first-order chi connectivity index (χ1) is 6.92. The standard InChI is InChI=1S/C11H10BrNO/c12-6-8-14-10-5-1-3-9-4-2-7-13-11(9)10/h1-5,7H,6,8H2. The lowest BCUT2D eigenvalue weighted by atomic mass is 10.2. The Balaban J connectivity index is 2.43. The number of para-hydroxylation sites is 1. The molecule has 1 aromatic carbocycles. The van der Waals surface area contributed by atoms with Crippen LogP contribution in [0.4, 0.5) is 0 Å². The number of rotatable bonds is 3. The van der Waals surface area contributed by atoms with Gasteiger partial charge in [0.25, 0.3) is 0 Å². The molecular weight excluding hydrogens is 242 g/mol. The molecule has 3 heteroatoms. The van der Waals surface area contributed by atoms with Crippen molar-refractivity contribution < 1.29 is 4.74 Å². The first kappa shape index (κ1) is 9.46. The Morgan fingerprint density at radius 1 is 1.21 bits per heavy atom. The molecule has 1 aromatic heterocycles. The van der Waals surface area contributed by atoms with Crippen LogP contribution in [-0.2, 0) is 0 Å². The molecule has 0 fully saturated rings. The fraction of sp³-hybridized carbons (Fsp3) is 0.182. The van der Waals surface area contributed by atoms with Gasteiger partial charge in [0.15, 0.2) is 0 Å². The Morgan fingerprint density at radius 2 is 2.07 bits per heavy atom. The van der Waals surface area contributed by atoms with E-state index in [1.54, 1.807) is 6.20 Å². The van der Waals surface area contributed by atoms with Crippen LogP contribution in [-0.4, -0.2) is 16.9 Å². The van der Waals surface area contributed by atoms with E-state index in [2.05, 4.69) is 20.9 Å². The van der Waals surface area contributed by atoms with Gasteiger partial charge in [-0.15, -0.1) is 0 Å². The van der Waals surface area contributed by atoms with Crippen LogP contribution in [0.15, 0.2) is 36.5 Å². The van der Waals surface area contributed by atoms with E-state index in [0.29, 0.717) is 6.61 Å². The van der Waals surface area contributed by atoms with Gasteiger partial charge in [0, 0.05) is 16.9 Å². The van der Waals surface area contributed by atoms with Gasteiger partial charge in [-0.1, -0.05) is 34.1 Å². The van der Waals surface area contributed by atoms with E-state index in [-0.39, 0.29) is 0 Å². The minimum absolute atomic E-state index is 0.662. The molecule has 14 heavy (non-hydrogen) atoms. The number of ether oxygens (including phenoxy) is 1. The van der Waals surface area contributed by atoms with Crippen LogP contribution in [0.2, 0.25) is 0 Å². The molecule has 0 bridgehead atoms. The molecule has 0 unspecified atom stereocenters. The summed E-state index contributed by atoms with van der Waals surface area (Å²) in [6, 6.07) is 9.91. The quantitative estimate of drug-likeness (QED) is 0.783. The maximum Gasteiger partial charge on any atom is 0.145 e. The number of halogens is 1. The number of aromatic nitrogens is 1. The topological polar surface area (TPSA) is 22.1 Å². The van der Waals surface area contributed by atoms with Crippen LogP contribution < -0.4 is 4.74 Å². The van der Waals surface area contributed by atoms with Crippen LogP contribution in [0.3, 0.4) is 0 Å². The highest BCUT2D eigenvalue weighted by Gasteiger charge is 2.00. The Bertz CT molecular complexity index is 425. The van der Waals surface area contributed by atoms with E-state index >= 15 is 0 Å². The van der Waals surface area contributed by atoms with Crippen molar-refractivity contribution in [1.82, 2.24) is 4.98 Å². The highest BCUT2D eigenvalue weighted by molar-refractivity contribution is 9.09. The van der Waals surface area contributed by atoms with Crippen molar-refractivity contribution in [2.24, 2.45) is 0 Å². The molecule has 0 amide bonds. The van der Waals surface area contributed by atoms with Crippen molar-refractivity contribution in [2.75, 3.05) is 11.9 Å². The van der Waals surface area contributed by atoms with E-state index in [4.69, 9.17) is 4.74 Å². The molecule has 2 aromatic rings. The molecule has 72 valence electrons. The van der Waals surface area contributed by atoms with Crippen LogP contribution >= 0.6 is 15.9 Å². The number of alkyl halides is 1. The van der Waals surface area contributed by atoms with Gasteiger partial charge in [-0.25, -0.2) is 0 Å². The lowest BCUT2D eigenvalue weighted by Crippen LogP contribution is -1.98. The highest BCUT2D eigenvalue weighted by atomic mass is 79.9. The first-order valence-electron chi connectivity index (χ1n) is 4.44. The molecule has 0 aliphatic rings. The third-order valence-corrected chi connectivity index (χ3v) is 2.25. The summed E-state index contributed by atoms with van der Waals surface area (Å²) in [5.74, 6) is 0.850. The van der Waals surface area contributed by atoms with Crippen LogP contribution in [0.1, 0.15) is 0 Å². The molecule has 0 atom stereocenters. The van der Waals surface area contributed by atoms with E-state index in [1.807, 2.05) is 30.3 Å². The number of hydrogen-bond acceptors (Lipinski definition) is 2. The fourth-order valence-electron chi connectivity index (χ4n) is 1.34. The minimum atomic E-state index is 0.662. The Hall–Kier alpha value is -1.09. The maximum absolute atomic E-state index is 5.56. The molecule has 0 radical (unpaired) electrons. The van der Waals surface area contributed by atoms with Crippen molar-refractivity contribution in [3.8, 4) is 5.75 Å². The molecular formula is C11H10BrNO. The molecule has 0 spiro atoms. The number of benzene rings is 1. The number of pyridine rings is 1. The summed E-state index contributed by atoms with van der Waals surface area (Å²) < 4.78 is 5.56. The third-order valence-electron chi connectivity index (χ3n) is 1.93. The van der Waals surface area contributed by atoms with Crippen molar-refractivity contribution >= 4 is 26.8 Å². The molecule has 0 saturated carbocycles. The van der Waals surface area contributed by atoms with Crippen LogP contribution in [0, 0.1) is 0 Å². The van der Waals surface area contributed by atoms with Crippen molar-refractivity contribution in [3.63, 3.8) is 0 Å². The Labute approximate surface area is 91.0 Å². The lowest BCUT2D eigenvalue weighted by Gasteiger charge is -2.06. The molecule has 2 nitrogen and oxygen atoms in total. The zero-order valence-electron chi connectivity index (χ0n) is 7.61. The predicted molar refractivity (Wildman–Crippen MR) is 61.0 cm³/mol. The monoisotopic (exact) mass is 251 g/mol. The average molecular weight is 252 g/mol. The number of nitrogens with zero attached hydrogens (tertiary/aromatic N) is 1. The second kappa shape index (κ2) is 4.42. The normalized spacial score (nSPS) is 10.4. The summed E-state index contributed by atoms with van der Waals surface area (Å²) in [5, 5.41) is 1.94. The number of hydrogen-bond donors (Lipinski definition) is 0. The number of fused-ring (bicyclic) bond motifs is 1. The second-order valence-electron chi connectivity index (χ2n) is 2.87. The molecule has 0 aliphatic heterocycles. The molecule has 0 saturated heterocycles. The highest BCUT2D eigenvalue weighted by Crippen LogP contribution is 2.22. The third kappa shape index (κ3) is 1.87. The molecule has 0 N–H and O–H groups in total. The zero-order chi connectivity index (χ0) is 9.80. The Kier molecular flexibility index (Phi) is 2.99. The summed E-state index contributed by atoms with van der Waals surface area (Å²) in [4.78, 5) is 4.29. The van der Waals surface area contributed by atoms with E-state index in [9.17, 15) is 0 Å². The van der Waals surface area contributed by atoms with E-state index in [0.717, 1.165) is 22.0 Å². The summed E-state index contributed by atoms with van der Waals surface area (Å²) in [6.45, 7) is 0.662. The van der Waals surface area contributed by atoms with Gasteiger partial charge in [0.05, 0.1) is 6.61 Å². The van der Waals surface area contributed by atoms with Gasteiger partial charge in [0.2, 0.25) is 0 Å². The van der Waals surface area contributed by atoms with Gasteiger partial charge in [-0.3, -0.25) is 4.98 Å². The van der Waals surface area contributed by atoms with Crippen LogP contribution in [0.25, 0.3) is 10.9 Å². The zero-order valence-corrected chi connectivity index (χ0v) is 9.20. The van der Waals surface area contributed by atoms with Crippen molar-refractivity contribution in [1.29, 1.82) is 0 Å². The predicted octanol–water partition coefficient (Wildman–Crippen LogP) is 3.01. The van der Waals surface area contributed by atoms with E-state index < -0.39 is 0 Å². The van der Waals surface area contributed by atoms with E-state index in [1.165, 1.54) is 0 Å². The van der Waals surface area contributed by atoms with Gasteiger partial charge in [0.1, 0.15) is 11.3 Å². The Morgan fingerprint density at radius 3 is 2.93 bits per heavy atom.